The van der Waals surface area contributed by atoms with E-state index in [2.05, 4.69) is 5.32 Å². The minimum atomic E-state index is -0.194. The smallest absolute Gasteiger partial charge is 0.248 e. The first-order chi connectivity index (χ1) is 10.1. The summed E-state index contributed by atoms with van der Waals surface area (Å²) in [5, 5.41) is 2.83. The lowest BCUT2D eigenvalue weighted by molar-refractivity contribution is -0.111. The molecular formula is C17H21NO3. The summed E-state index contributed by atoms with van der Waals surface area (Å²) < 4.78 is 11.3. The van der Waals surface area contributed by atoms with Gasteiger partial charge in [0.2, 0.25) is 5.91 Å². The van der Waals surface area contributed by atoms with Crippen LogP contribution >= 0.6 is 0 Å². The van der Waals surface area contributed by atoms with Gasteiger partial charge in [-0.1, -0.05) is 18.2 Å². The summed E-state index contributed by atoms with van der Waals surface area (Å²) in [5.74, 6) is 1.31. The molecule has 21 heavy (non-hydrogen) atoms. The van der Waals surface area contributed by atoms with Crippen LogP contribution in [0.5, 0.6) is 11.5 Å². The maximum absolute atomic E-state index is 11.9. The molecule has 1 unspecified atom stereocenters. The van der Waals surface area contributed by atoms with E-state index in [9.17, 15) is 4.79 Å². The summed E-state index contributed by atoms with van der Waals surface area (Å²) in [5.41, 5.74) is 1.76. The van der Waals surface area contributed by atoms with Gasteiger partial charge >= 0.3 is 0 Å². The number of rotatable bonds is 5. The van der Waals surface area contributed by atoms with Crippen LogP contribution < -0.4 is 14.8 Å². The number of amides is 1. The van der Waals surface area contributed by atoms with Gasteiger partial charge in [-0.3, -0.25) is 4.79 Å². The molecule has 0 saturated heterocycles. The fourth-order valence-electron chi connectivity index (χ4n) is 2.24. The third kappa shape index (κ3) is 3.88. The molecule has 0 saturated carbocycles. The molecule has 2 rings (SSSR count). The highest BCUT2D eigenvalue weighted by atomic mass is 16.5. The number of allylic oxidation sites excluding steroid dienone is 3. The molecule has 0 spiro atoms. The third-order valence-electron chi connectivity index (χ3n) is 3.11. The SMILES string of the molecule is CC=CC=CC(=O)Nc1cc2c(cc1OCC)CC(C)O2. The highest BCUT2D eigenvalue weighted by Crippen LogP contribution is 2.38. The monoisotopic (exact) mass is 287 g/mol. The highest BCUT2D eigenvalue weighted by Gasteiger charge is 2.22. The number of anilines is 1. The summed E-state index contributed by atoms with van der Waals surface area (Å²) in [6.07, 6.45) is 7.87. The zero-order valence-corrected chi connectivity index (χ0v) is 12.7. The van der Waals surface area contributed by atoms with Crippen LogP contribution in [0.2, 0.25) is 0 Å². The fourth-order valence-corrected chi connectivity index (χ4v) is 2.24. The quantitative estimate of drug-likeness (QED) is 0.666. The zero-order valence-electron chi connectivity index (χ0n) is 12.7. The molecule has 4 nitrogen and oxygen atoms in total. The van der Waals surface area contributed by atoms with Crippen molar-refractivity contribution in [2.75, 3.05) is 11.9 Å². The number of hydrogen-bond acceptors (Lipinski definition) is 3. The van der Waals surface area contributed by atoms with Gasteiger partial charge in [0, 0.05) is 24.1 Å². The zero-order chi connectivity index (χ0) is 15.2. The number of carbonyl (C=O) groups is 1. The van der Waals surface area contributed by atoms with Crippen molar-refractivity contribution in [2.24, 2.45) is 0 Å². The molecule has 1 N–H and O–H groups in total. The first-order valence-corrected chi connectivity index (χ1v) is 7.20. The van der Waals surface area contributed by atoms with Gasteiger partial charge in [0.15, 0.2) is 0 Å². The highest BCUT2D eigenvalue weighted by molar-refractivity contribution is 6.00. The van der Waals surface area contributed by atoms with Crippen molar-refractivity contribution < 1.29 is 14.3 Å². The molecule has 1 aromatic rings. The van der Waals surface area contributed by atoms with Crippen molar-refractivity contribution in [2.45, 2.75) is 33.3 Å². The average molecular weight is 287 g/mol. The van der Waals surface area contributed by atoms with E-state index < -0.39 is 0 Å². The molecule has 1 heterocycles. The second-order valence-corrected chi connectivity index (χ2v) is 4.90. The van der Waals surface area contributed by atoms with Gasteiger partial charge < -0.3 is 14.8 Å². The van der Waals surface area contributed by atoms with Gasteiger partial charge in [-0.25, -0.2) is 0 Å². The van der Waals surface area contributed by atoms with E-state index in [0.29, 0.717) is 18.0 Å². The number of benzene rings is 1. The van der Waals surface area contributed by atoms with E-state index in [4.69, 9.17) is 9.47 Å². The second kappa shape index (κ2) is 6.97. The van der Waals surface area contributed by atoms with Gasteiger partial charge in [0.05, 0.1) is 12.3 Å². The topological polar surface area (TPSA) is 47.6 Å². The molecule has 112 valence electrons. The second-order valence-electron chi connectivity index (χ2n) is 4.90. The molecule has 1 aliphatic rings. The molecule has 0 bridgehead atoms. The van der Waals surface area contributed by atoms with Crippen molar-refractivity contribution in [3.05, 3.63) is 42.0 Å². The minimum absolute atomic E-state index is 0.162. The van der Waals surface area contributed by atoms with Crippen molar-refractivity contribution in [1.29, 1.82) is 0 Å². The molecule has 4 heteroatoms. The minimum Gasteiger partial charge on any atom is -0.492 e. The fraction of sp³-hybridized carbons (Fsp3) is 0.353. The molecule has 0 aromatic heterocycles. The Balaban J connectivity index is 2.21. The molecule has 0 aliphatic carbocycles. The van der Waals surface area contributed by atoms with Crippen molar-refractivity contribution in [1.82, 2.24) is 0 Å². The first kappa shape index (κ1) is 15.2. The van der Waals surface area contributed by atoms with Gasteiger partial charge in [0.25, 0.3) is 0 Å². The molecular weight excluding hydrogens is 266 g/mol. The summed E-state index contributed by atoms with van der Waals surface area (Å²) in [4.78, 5) is 11.9. The number of fused-ring (bicyclic) bond motifs is 1. The molecule has 1 atom stereocenters. The summed E-state index contributed by atoms with van der Waals surface area (Å²) in [6.45, 7) is 6.39. The van der Waals surface area contributed by atoms with Crippen LogP contribution in [-0.4, -0.2) is 18.6 Å². The Morgan fingerprint density at radius 1 is 1.48 bits per heavy atom. The summed E-state index contributed by atoms with van der Waals surface area (Å²) >= 11 is 0. The number of carbonyl (C=O) groups excluding carboxylic acids is 1. The van der Waals surface area contributed by atoms with E-state index in [1.165, 1.54) is 6.08 Å². The Hall–Kier alpha value is -2.23. The Morgan fingerprint density at radius 3 is 3.00 bits per heavy atom. The third-order valence-corrected chi connectivity index (χ3v) is 3.11. The summed E-state index contributed by atoms with van der Waals surface area (Å²) in [7, 11) is 0. The van der Waals surface area contributed by atoms with Crippen LogP contribution in [0.1, 0.15) is 26.3 Å². The normalized spacial score (nSPS) is 17.0. The Bertz CT molecular complexity index is 576. The predicted molar refractivity (Wildman–Crippen MR) is 84.0 cm³/mol. The maximum Gasteiger partial charge on any atom is 0.248 e. The van der Waals surface area contributed by atoms with Crippen molar-refractivity contribution in [3.8, 4) is 11.5 Å². The average Bonchev–Trinajstić information content (AvgIpc) is 2.79. The lowest BCUT2D eigenvalue weighted by Crippen LogP contribution is -2.09. The Labute approximate surface area is 125 Å². The molecule has 1 amide bonds. The van der Waals surface area contributed by atoms with E-state index in [1.54, 1.807) is 12.2 Å². The van der Waals surface area contributed by atoms with E-state index in [0.717, 1.165) is 17.7 Å². The number of nitrogens with one attached hydrogen (secondary N) is 1. The molecule has 1 aromatic carbocycles. The molecule has 0 fully saturated rings. The Kier molecular flexibility index (Phi) is 5.04. The van der Waals surface area contributed by atoms with Gasteiger partial charge in [-0.2, -0.15) is 0 Å². The van der Waals surface area contributed by atoms with Crippen molar-refractivity contribution >= 4 is 11.6 Å². The maximum atomic E-state index is 11.9. The van der Waals surface area contributed by atoms with Crippen LogP contribution in [-0.2, 0) is 11.2 Å². The van der Waals surface area contributed by atoms with Crippen LogP contribution in [0.3, 0.4) is 0 Å². The summed E-state index contributed by atoms with van der Waals surface area (Å²) in [6, 6.07) is 3.79. The Morgan fingerprint density at radius 2 is 2.29 bits per heavy atom. The van der Waals surface area contributed by atoms with Crippen LogP contribution in [0, 0.1) is 0 Å². The van der Waals surface area contributed by atoms with Crippen LogP contribution in [0.15, 0.2) is 36.4 Å². The van der Waals surface area contributed by atoms with E-state index in [1.807, 2.05) is 39.0 Å². The molecule has 0 radical (unpaired) electrons. The van der Waals surface area contributed by atoms with Gasteiger partial charge in [-0.15, -0.1) is 0 Å². The van der Waals surface area contributed by atoms with E-state index in [-0.39, 0.29) is 12.0 Å². The van der Waals surface area contributed by atoms with E-state index >= 15 is 0 Å². The first-order valence-electron chi connectivity index (χ1n) is 7.20. The lowest BCUT2D eigenvalue weighted by atomic mass is 10.1. The predicted octanol–water partition coefficient (Wildman–Crippen LogP) is 3.48. The number of hydrogen-bond donors (Lipinski definition) is 1. The number of ether oxygens (including phenoxy) is 2. The van der Waals surface area contributed by atoms with Crippen LogP contribution in [0.25, 0.3) is 0 Å². The van der Waals surface area contributed by atoms with Crippen LogP contribution in [0.4, 0.5) is 5.69 Å². The standard InChI is InChI=1S/C17H21NO3/c1-4-6-7-8-17(19)18-14-11-15-13(9-12(3)21-15)10-16(14)20-5-2/h4,6-8,10-12H,5,9H2,1-3H3,(H,18,19). The molecule has 1 aliphatic heterocycles. The van der Waals surface area contributed by atoms with Crippen molar-refractivity contribution in [3.63, 3.8) is 0 Å². The van der Waals surface area contributed by atoms with Gasteiger partial charge in [-0.05, 0) is 26.8 Å². The largest absolute Gasteiger partial charge is 0.492 e. The lowest BCUT2D eigenvalue weighted by Gasteiger charge is -2.12. The van der Waals surface area contributed by atoms with Gasteiger partial charge in [0.1, 0.15) is 17.6 Å².